The highest BCUT2D eigenvalue weighted by molar-refractivity contribution is 6.33. The first-order chi connectivity index (χ1) is 6.22. The number of rotatable bonds is 7. The number of ketones is 1. The topological polar surface area (TPSA) is 43.4 Å². The molecule has 0 aliphatic carbocycles. The van der Waals surface area contributed by atoms with Crippen molar-refractivity contribution in [2.24, 2.45) is 0 Å². The van der Waals surface area contributed by atoms with Crippen LogP contribution in [0.2, 0.25) is 0 Å². The van der Waals surface area contributed by atoms with E-state index >= 15 is 0 Å². The highest BCUT2D eigenvalue weighted by Gasteiger charge is 2.12. The summed E-state index contributed by atoms with van der Waals surface area (Å²) in [5.74, 6) is -1.07. The molecule has 3 heteroatoms. The van der Waals surface area contributed by atoms with Crippen molar-refractivity contribution in [1.82, 2.24) is 0 Å². The molecule has 0 fully saturated rings. The van der Waals surface area contributed by atoms with Crippen LogP contribution < -0.4 is 0 Å². The van der Waals surface area contributed by atoms with Gasteiger partial charge in [0.25, 0.3) is 0 Å². The van der Waals surface area contributed by atoms with Crippen molar-refractivity contribution >= 4 is 11.8 Å². The van der Waals surface area contributed by atoms with Crippen LogP contribution in [0.4, 0.5) is 0 Å². The van der Waals surface area contributed by atoms with Gasteiger partial charge in [0.2, 0.25) is 5.78 Å². The fourth-order valence-corrected chi connectivity index (χ4v) is 0.927. The zero-order chi connectivity index (χ0) is 10.1. The molecule has 3 nitrogen and oxygen atoms in total. The molecule has 0 unspecified atom stereocenters. The van der Waals surface area contributed by atoms with E-state index in [9.17, 15) is 9.59 Å². The van der Waals surface area contributed by atoms with Crippen LogP contribution in [0.1, 0.15) is 46.0 Å². The van der Waals surface area contributed by atoms with E-state index in [1.807, 2.05) is 6.92 Å². The van der Waals surface area contributed by atoms with Crippen LogP contribution in [0.3, 0.4) is 0 Å². The van der Waals surface area contributed by atoms with Gasteiger partial charge in [0.1, 0.15) is 0 Å². The van der Waals surface area contributed by atoms with E-state index in [1.54, 1.807) is 0 Å². The molecule has 0 radical (unpaired) electrons. The lowest BCUT2D eigenvalue weighted by Crippen LogP contribution is -2.17. The standard InChI is InChI=1S/C10H18O3/c1-3-5-6-8-13-10(12)9(11)7-4-2/h3-8H2,1-2H3. The number of ether oxygens (including phenoxy) is 1. The second-order valence-corrected chi connectivity index (χ2v) is 3.02. The smallest absolute Gasteiger partial charge is 0.374 e. The summed E-state index contributed by atoms with van der Waals surface area (Å²) in [6.07, 6.45) is 3.97. The van der Waals surface area contributed by atoms with Crippen LogP contribution in [0.5, 0.6) is 0 Å². The fourth-order valence-electron chi connectivity index (χ4n) is 0.927. The van der Waals surface area contributed by atoms with Crippen LogP contribution >= 0.6 is 0 Å². The van der Waals surface area contributed by atoms with Crippen LogP contribution in [0.25, 0.3) is 0 Å². The molecule has 0 bridgehead atoms. The molecule has 0 N–H and O–H groups in total. The summed E-state index contributed by atoms with van der Waals surface area (Å²) in [4.78, 5) is 21.9. The Kier molecular flexibility index (Phi) is 7.26. The molecule has 0 amide bonds. The average molecular weight is 186 g/mol. The highest BCUT2D eigenvalue weighted by atomic mass is 16.5. The summed E-state index contributed by atoms with van der Waals surface area (Å²) in [7, 11) is 0. The van der Waals surface area contributed by atoms with Gasteiger partial charge in [-0.15, -0.1) is 0 Å². The van der Waals surface area contributed by atoms with E-state index in [4.69, 9.17) is 4.74 Å². The number of unbranched alkanes of at least 4 members (excludes halogenated alkanes) is 2. The van der Waals surface area contributed by atoms with E-state index in [1.165, 1.54) is 0 Å². The van der Waals surface area contributed by atoms with Crippen LogP contribution in [-0.4, -0.2) is 18.4 Å². The first kappa shape index (κ1) is 12.1. The van der Waals surface area contributed by atoms with Crippen LogP contribution in [0.15, 0.2) is 0 Å². The van der Waals surface area contributed by atoms with E-state index in [0.717, 1.165) is 19.3 Å². The predicted molar refractivity (Wildman–Crippen MR) is 50.4 cm³/mol. The quantitative estimate of drug-likeness (QED) is 0.347. The van der Waals surface area contributed by atoms with Crippen molar-refractivity contribution in [2.45, 2.75) is 46.0 Å². The lowest BCUT2D eigenvalue weighted by atomic mass is 10.2. The summed E-state index contributed by atoms with van der Waals surface area (Å²) in [6.45, 7) is 4.31. The largest absolute Gasteiger partial charge is 0.460 e. The molecule has 0 saturated heterocycles. The van der Waals surface area contributed by atoms with Gasteiger partial charge in [-0.1, -0.05) is 26.7 Å². The Morgan fingerprint density at radius 1 is 1.08 bits per heavy atom. The molecule has 0 aromatic heterocycles. The third-order valence-corrected chi connectivity index (χ3v) is 1.69. The molecule has 0 rings (SSSR count). The van der Waals surface area contributed by atoms with Crippen LogP contribution in [0, 0.1) is 0 Å². The van der Waals surface area contributed by atoms with Crippen molar-refractivity contribution in [3.8, 4) is 0 Å². The monoisotopic (exact) mass is 186 g/mol. The molecular weight excluding hydrogens is 168 g/mol. The Morgan fingerprint density at radius 2 is 1.77 bits per heavy atom. The van der Waals surface area contributed by atoms with Gasteiger partial charge in [-0.05, 0) is 12.8 Å². The van der Waals surface area contributed by atoms with Crippen LogP contribution in [-0.2, 0) is 14.3 Å². The molecule has 0 aromatic rings. The Bertz CT molecular complexity index is 164. The molecule has 13 heavy (non-hydrogen) atoms. The maximum absolute atomic E-state index is 10.9. The van der Waals surface area contributed by atoms with Gasteiger partial charge >= 0.3 is 5.97 Å². The van der Waals surface area contributed by atoms with Gasteiger partial charge < -0.3 is 4.74 Å². The maximum atomic E-state index is 10.9. The van der Waals surface area contributed by atoms with Crippen molar-refractivity contribution in [2.75, 3.05) is 6.61 Å². The predicted octanol–water partition coefficient (Wildman–Crippen LogP) is 2.09. The second-order valence-electron chi connectivity index (χ2n) is 3.02. The van der Waals surface area contributed by atoms with Gasteiger partial charge in [0.15, 0.2) is 0 Å². The zero-order valence-electron chi connectivity index (χ0n) is 8.47. The first-order valence-electron chi connectivity index (χ1n) is 4.92. The molecule has 0 aromatic carbocycles. The van der Waals surface area contributed by atoms with Crippen molar-refractivity contribution in [1.29, 1.82) is 0 Å². The van der Waals surface area contributed by atoms with Crippen molar-refractivity contribution < 1.29 is 14.3 Å². The minimum atomic E-state index is -0.669. The lowest BCUT2D eigenvalue weighted by molar-refractivity contribution is -0.154. The molecule has 0 saturated carbocycles. The molecule has 0 atom stereocenters. The second kappa shape index (κ2) is 7.77. The van der Waals surface area contributed by atoms with Gasteiger partial charge in [-0.3, -0.25) is 4.79 Å². The number of Topliss-reactive ketones (excluding diaryl/α,β-unsaturated/α-hetero) is 1. The summed E-state index contributed by atoms with van der Waals surface area (Å²) in [5, 5.41) is 0. The van der Waals surface area contributed by atoms with E-state index in [-0.39, 0.29) is 0 Å². The first-order valence-corrected chi connectivity index (χ1v) is 4.92. The highest BCUT2D eigenvalue weighted by Crippen LogP contribution is 1.97. The SMILES string of the molecule is CCCCCOC(=O)C(=O)CCC. The van der Waals surface area contributed by atoms with E-state index in [2.05, 4.69) is 6.92 Å². The maximum Gasteiger partial charge on any atom is 0.374 e. The third-order valence-electron chi connectivity index (χ3n) is 1.69. The number of esters is 1. The Hall–Kier alpha value is -0.860. The fraction of sp³-hybridized carbons (Fsp3) is 0.800. The number of hydrogen-bond acceptors (Lipinski definition) is 3. The zero-order valence-corrected chi connectivity index (χ0v) is 8.47. The molecular formula is C10H18O3. The molecule has 0 heterocycles. The molecule has 0 spiro atoms. The average Bonchev–Trinajstić information content (AvgIpc) is 2.12. The van der Waals surface area contributed by atoms with Crippen molar-refractivity contribution in [3.05, 3.63) is 0 Å². The summed E-state index contributed by atoms with van der Waals surface area (Å²) in [5.41, 5.74) is 0. The van der Waals surface area contributed by atoms with E-state index in [0.29, 0.717) is 19.4 Å². The Balaban J connectivity index is 3.44. The summed E-state index contributed by atoms with van der Waals surface area (Å²) < 4.78 is 4.77. The Morgan fingerprint density at radius 3 is 2.31 bits per heavy atom. The minimum absolute atomic E-state index is 0.298. The summed E-state index contributed by atoms with van der Waals surface area (Å²) in [6, 6.07) is 0. The number of hydrogen-bond donors (Lipinski definition) is 0. The van der Waals surface area contributed by atoms with Gasteiger partial charge in [0.05, 0.1) is 6.61 Å². The summed E-state index contributed by atoms with van der Waals surface area (Å²) >= 11 is 0. The van der Waals surface area contributed by atoms with Gasteiger partial charge in [-0.2, -0.15) is 0 Å². The van der Waals surface area contributed by atoms with Gasteiger partial charge in [0, 0.05) is 6.42 Å². The number of carbonyl (C=O) groups is 2. The normalized spacial score (nSPS) is 9.69. The number of carbonyl (C=O) groups excluding carboxylic acids is 2. The lowest BCUT2D eigenvalue weighted by Gasteiger charge is -2.01. The van der Waals surface area contributed by atoms with Crippen molar-refractivity contribution in [3.63, 3.8) is 0 Å². The molecule has 0 aliphatic rings. The molecule has 0 aliphatic heterocycles. The van der Waals surface area contributed by atoms with E-state index < -0.39 is 11.8 Å². The minimum Gasteiger partial charge on any atom is -0.460 e. The molecule has 76 valence electrons. The Labute approximate surface area is 79.5 Å². The third kappa shape index (κ3) is 6.31. The van der Waals surface area contributed by atoms with Gasteiger partial charge in [-0.25, -0.2) is 4.79 Å².